The summed E-state index contributed by atoms with van der Waals surface area (Å²) >= 11 is 0. The van der Waals surface area contributed by atoms with Crippen molar-refractivity contribution in [2.24, 2.45) is 0 Å². The van der Waals surface area contributed by atoms with E-state index in [1.54, 1.807) is 6.20 Å². The Bertz CT molecular complexity index is 542. The number of hydrogen-bond acceptors (Lipinski definition) is 4. The van der Waals surface area contributed by atoms with Gasteiger partial charge in [0.05, 0.1) is 6.54 Å². The van der Waals surface area contributed by atoms with Crippen LogP contribution in [0.2, 0.25) is 0 Å². The van der Waals surface area contributed by atoms with Crippen LogP contribution in [0.15, 0.2) is 24.5 Å². The van der Waals surface area contributed by atoms with Gasteiger partial charge in [0.1, 0.15) is 0 Å². The Morgan fingerprint density at radius 3 is 2.64 bits per heavy atom. The van der Waals surface area contributed by atoms with Crippen molar-refractivity contribution in [1.29, 1.82) is 0 Å². The molecule has 0 bridgehead atoms. The van der Waals surface area contributed by atoms with E-state index >= 15 is 0 Å². The molecule has 25 heavy (non-hydrogen) atoms. The molecule has 0 unspecified atom stereocenters. The van der Waals surface area contributed by atoms with Gasteiger partial charge in [0.25, 0.3) is 0 Å². The zero-order valence-corrected chi connectivity index (χ0v) is 15.7. The van der Waals surface area contributed by atoms with Gasteiger partial charge in [-0.15, -0.1) is 0 Å². The van der Waals surface area contributed by atoms with Crippen LogP contribution in [0.3, 0.4) is 0 Å². The van der Waals surface area contributed by atoms with Gasteiger partial charge in [-0.1, -0.05) is 25.3 Å². The van der Waals surface area contributed by atoms with Crippen molar-refractivity contribution in [1.82, 2.24) is 19.7 Å². The quantitative estimate of drug-likeness (QED) is 0.794. The zero-order valence-electron chi connectivity index (χ0n) is 15.7. The monoisotopic (exact) mass is 344 g/mol. The molecule has 2 aliphatic rings. The summed E-state index contributed by atoms with van der Waals surface area (Å²) in [5, 5.41) is 0. The van der Waals surface area contributed by atoms with Gasteiger partial charge < -0.3 is 9.80 Å². The minimum absolute atomic E-state index is 0.287. The van der Waals surface area contributed by atoms with Crippen molar-refractivity contribution >= 4 is 5.91 Å². The van der Waals surface area contributed by atoms with Gasteiger partial charge in [-0.05, 0) is 45.0 Å². The lowest BCUT2D eigenvalue weighted by molar-refractivity contribution is -0.136. The first kappa shape index (κ1) is 18.3. The topological polar surface area (TPSA) is 39.7 Å². The molecule has 2 heterocycles. The molecule has 2 fully saturated rings. The largest absolute Gasteiger partial charge is 0.334 e. The van der Waals surface area contributed by atoms with E-state index < -0.39 is 0 Å². The minimum atomic E-state index is 0.287. The number of likely N-dealkylation sites (N-methyl/N-ethyl adjacent to an activating group) is 1. The first-order chi connectivity index (χ1) is 12.1. The number of carbonyl (C=O) groups excluding carboxylic acids is 1. The number of rotatable bonds is 6. The molecule has 1 amide bonds. The maximum Gasteiger partial charge on any atom is 0.237 e. The number of pyridine rings is 1. The summed E-state index contributed by atoms with van der Waals surface area (Å²) in [5.74, 6) is 0.287. The van der Waals surface area contributed by atoms with Crippen molar-refractivity contribution in [2.45, 2.75) is 57.2 Å². The highest BCUT2D eigenvalue weighted by Crippen LogP contribution is 2.25. The molecule has 0 aromatic carbocycles. The summed E-state index contributed by atoms with van der Waals surface area (Å²) in [6, 6.07) is 5.01. The maximum atomic E-state index is 13.1. The van der Waals surface area contributed by atoms with E-state index in [0.29, 0.717) is 25.2 Å². The van der Waals surface area contributed by atoms with Gasteiger partial charge in [-0.25, -0.2) is 0 Å². The SMILES string of the molecule is CN(C)[C@H]1CCN(CC(=O)N(Cc2cccnc2)C2CCCCC2)C1. The standard InChI is InChI=1S/C20H32N4O/c1-22(2)19-10-12-23(15-19)16-20(25)24(18-8-4-3-5-9-18)14-17-7-6-11-21-13-17/h6-7,11,13,18-19H,3-5,8-10,12,14-16H2,1-2H3/t19-/m0/s1. The molecule has 1 aliphatic carbocycles. The summed E-state index contributed by atoms with van der Waals surface area (Å²) in [4.78, 5) is 24.1. The second-order valence-electron chi connectivity index (χ2n) is 7.82. The van der Waals surface area contributed by atoms with Gasteiger partial charge in [0.2, 0.25) is 5.91 Å². The Kier molecular flexibility index (Phi) is 6.43. The average molecular weight is 345 g/mol. The number of carbonyl (C=O) groups is 1. The Labute approximate surface area is 152 Å². The minimum Gasteiger partial charge on any atom is -0.334 e. The van der Waals surface area contributed by atoms with Crippen LogP contribution in [0.25, 0.3) is 0 Å². The molecular formula is C20H32N4O. The van der Waals surface area contributed by atoms with E-state index in [9.17, 15) is 4.79 Å². The number of aromatic nitrogens is 1. The third-order valence-corrected chi connectivity index (χ3v) is 5.75. The molecule has 0 spiro atoms. The maximum absolute atomic E-state index is 13.1. The highest BCUT2D eigenvalue weighted by Gasteiger charge is 2.30. The fourth-order valence-corrected chi connectivity index (χ4v) is 4.16. The molecule has 1 saturated heterocycles. The van der Waals surface area contributed by atoms with Crippen molar-refractivity contribution < 1.29 is 4.79 Å². The average Bonchev–Trinajstić information content (AvgIpc) is 3.10. The highest BCUT2D eigenvalue weighted by molar-refractivity contribution is 5.78. The smallest absolute Gasteiger partial charge is 0.237 e. The molecule has 1 aliphatic heterocycles. The first-order valence-electron chi connectivity index (χ1n) is 9.70. The molecule has 3 rings (SSSR count). The van der Waals surface area contributed by atoms with E-state index in [1.165, 1.54) is 19.3 Å². The summed E-state index contributed by atoms with van der Waals surface area (Å²) in [6.07, 6.45) is 10.9. The van der Waals surface area contributed by atoms with E-state index in [0.717, 1.165) is 37.9 Å². The molecule has 1 saturated carbocycles. The summed E-state index contributed by atoms with van der Waals surface area (Å²) in [7, 11) is 4.26. The molecule has 0 radical (unpaired) electrons. The van der Waals surface area contributed by atoms with Crippen LogP contribution in [0, 0.1) is 0 Å². The lowest BCUT2D eigenvalue weighted by Crippen LogP contribution is -2.46. The predicted octanol–water partition coefficient (Wildman–Crippen LogP) is 2.38. The van der Waals surface area contributed by atoms with Crippen LogP contribution >= 0.6 is 0 Å². The molecular weight excluding hydrogens is 312 g/mol. The summed E-state index contributed by atoms with van der Waals surface area (Å²) in [6.45, 7) is 3.29. The van der Waals surface area contributed by atoms with Crippen LogP contribution in [-0.2, 0) is 11.3 Å². The van der Waals surface area contributed by atoms with E-state index in [1.807, 2.05) is 12.3 Å². The second-order valence-corrected chi connectivity index (χ2v) is 7.82. The third-order valence-electron chi connectivity index (χ3n) is 5.75. The lowest BCUT2D eigenvalue weighted by atomic mass is 9.93. The highest BCUT2D eigenvalue weighted by atomic mass is 16.2. The Morgan fingerprint density at radius 2 is 2.00 bits per heavy atom. The second kappa shape index (κ2) is 8.77. The lowest BCUT2D eigenvalue weighted by Gasteiger charge is -2.35. The first-order valence-corrected chi connectivity index (χ1v) is 9.70. The van der Waals surface area contributed by atoms with Crippen LogP contribution < -0.4 is 0 Å². The third kappa shape index (κ3) is 5.02. The fourth-order valence-electron chi connectivity index (χ4n) is 4.16. The molecule has 1 aromatic rings. The van der Waals surface area contributed by atoms with Crippen LogP contribution in [0.4, 0.5) is 0 Å². The summed E-state index contributed by atoms with van der Waals surface area (Å²) < 4.78 is 0. The Morgan fingerprint density at radius 1 is 1.20 bits per heavy atom. The Hall–Kier alpha value is -1.46. The summed E-state index contributed by atoms with van der Waals surface area (Å²) in [5.41, 5.74) is 1.13. The van der Waals surface area contributed by atoms with E-state index in [-0.39, 0.29) is 5.91 Å². The zero-order chi connectivity index (χ0) is 17.6. The number of hydrogen-bond donors (Lipinski definition) is 0. The van der Waals surface area contributed by atoms with Crippen molar-refractivity contribution in [3.8, 4) is 0 Å². The van der Waals surface area contributed by atoms with Gasteiger partial charge in [-0.3, -0.25) is 14.7 Å². The van der Waals surface area contributed by atoms with Gasteiger partial charge in [0, 0.05) is 44.1 Å². The van der Waals surface area contributed by atoms with E-state index in [4.69, 9.17) is 0 Å². The number of amides is 1. The van der Waals surface area contributed by atoms with Gasteiger partial charge >= 0.3 is 0 Å². The molecule has 5 heteroatoms. The van der Waals surface area contributed by atoms with Gasteiger partial charge in [0.15, 0.2) is 0 Å². The van der Waals surface area contributed by atoms with Crippen molar-refractivity contribution in [2.75, 3.05) is 33.7 Å². The molecule has 1 atom stereocenters. The van der Waals surface area contributed by atoms with Crippen molar-refractivity contribution in [3.63, 3.8) is 0 Å². The van der Waals surface area contributed by atoms with Crippen LogP contribution in [0.5, 0.6) is 0 Å². The number of nitrogens with zero attached hydrogens (tertiary/aromatic N) is 4. The Balaban J connectivity index is 1.64. The van der Waals surface area contributed by atoms with Crippen molar-refractivity contribution in [3.05, 3.63) is 30.1 Å². The van der Waals surface area contributed by atoms with Gasteiger partial charge in [-0.2, -0.15) is 0 Å². The number of likely N-dealkylation sites (tertiary alicyclic amines) is 1. The predicted molar refractivity (Wildman–Crippen MR) is 100 cm³/mol. The molecule has 5 nitrogen and oxygen atoms in total. The van der Waals surface area contributed by atoms with E-state index in [2.05, 4.69) is 39.8 Å². The molecule has 0 N–H and O–H groups in total. The molecule has 138 valence electrons. The fraction of sp³-hybridized carbons (Fsp3) is 0.700. The molecule has 1 aromatic heterocycles. The van der Waals surface area contributed by atoms with Crippen LogP contribution in [0.1, 0.15) is 44.1 Å². The normalized spacial score (nSPS) is 22.4. The van der Waals surface area contributed by atoms with Crippen LogP contribution in [-0.4, -0.2) is 71.4 Å².